The first-order valence-corrected chi connectivity index (χ1v) is 10.8. The molecule has 0 amide bonds. The van der Waals surface area contributed by atoms with Crippen molar-refractivity contribution in [2.75, 3.05) is 25.6 Å². The van der Waals surface area contributed by atoms with Crippen molar-refractivity contribution in [1.82, 2.24) is 19.3 Å². The van der Waals surface area contributed by atoms with Crippen molar-refractivity contribution in [3.63, 3.8) is 0 Å². The smallest absolute Gasteiger partial charge is 0.293 e. The molecule has 0 saturated carbocycles. The lowest BCUT2D eigenvalue weighted by Crippen LogP contribution is -2.34. The normalized spacial score (nSPS) is 11.9. The van der Waals surface area contributed by atoms with Gasteiger partial charge in [-0.1, -0.05) is 36.3 Å². The lowest BCUT2D eigenvalue weighted by molar-refractivity contribution is 0.419. The number of hydrogen-bond acceptors (Lipinski definition) is 6. The van der Waals surface area contributed by atoms with Crippen LogP contribution in [0.15, 0.2) is 47.4 Å². The standard InChI is InChI=1S/C25H28N6O2/c1-5-6-13-30-23-21(28-25(30)29(3)15-17(2)26)14-27-31(24(23)32)16-18-11-12-22(33-4)20-10-8-7-9-19(18)20/h7-12,14,17H,13,15-16,26H2,1-4H3. The maximum absolute atomic E-state index is 13.6. The van der Waals surface area contributed by atoms with Crippen molar-refractivity contribution in [1.29, 1.82) is 0 Å². The Morgan fingerprint density at radius 3 is 2.67 bits per heavy atom. The van der Waals surface area contributed by atoms with Crippen molar-refractivity contribution in [3.05, 3.63) is 58.5 Å². The van der Waals surface area contributed by atoms with Crippen LogP contribution < -0.4 is 20.9 Å². The largest absolute Gasteiger partial charge is 0.496 e. The number of benzene rings is 2. The zero-order valence-electron chi connectivity index (χ0n) is 19.4. The molecule has 33 heavy (non-hydrogen) atoms. The third-order valence-corrected chi connectivity index (χ3v) is 5.56. The molecule has 2 heterocycles. The Bertz CT molecular complexity index is 1420. The number of methoxy groups -OCH3 is 1. The molecule has 0 fully saturated rings. The van der Waals surface area contributed by atoms with Crippen LogP contribution in [0.4, 0.5) is 5.95 Å². The first-order valence-electron chi connectivity index (χ1n) is 10.8. The number of nitrogens with two attached hydrogens (primary N) is 1. The highest BCUT2D eigenvalue weighted by Gasteiger charge is 2.19. The third kappa shape index (κ3) is 4.28. The minimum atomic E-state index is -0.210. The van der Waals surface area contributed by atoms with E-state index in [0.29, 0.717) is 36.6 Å². The van der Waals surface area contributed by atoms with Crippen LogP contribution in [0.5, 0.6) is 5.75 Å². The van der Waals surface area contributed by atoms with Gasteiger partial charge in [0, 0.05) is 25.0 Å². The summed E-state index contributed by atoms with van der Waals surface area (Å²) in [4.78, 5) is 20.2. The second-order valence-corrected chi connectivity index (χ2v) is 8.10. The van der Waals surface area contributed by atoms with Gasteiger partial charge in [-0.2, -0.15) is 5.10 Å². The molecule has 0 bridgehead atoms. The highest BCUT2D eigenvalue weighted by Crippen LogP contribution is 2.28. The second kappa shape index (κ2) is 9.35. The first-order chi connectivity index (χ1) is 15.9. The fourth-order valence-electron chi connectivity index (χ4n) is 4.11. The maximum Gasteiger partial charge on any atom is 0.293 e. The Balaban J connectivity index is 1.84. The third-order valence-electron chi connectivity index (χ3n) is 5.56. The topological polar surface area (TPSA) is 91.2 Å². The summed E-state index contributed by atoms with van der Waals surface area (Å²) in [6.07, 6.45) is 1.64. The van der Waals surface area contributed by atoms with Crippen molar-refractivity contribution >= 4 is 27.8 Å². The van der Waals surface area contributed by atoms with Crippen LogP contribution in [0.3, 0.4) is 0 Å². The van der Waals surface area contributed by atoms with Crippen molar-refractivity contribution in [2.45, 2.75) is 33.0 Å². The maximum atomic E-state index is 13.6. The summed E-state index contributed by atoms with van der Waals surface area (Å²) in [6.45, 7) is 5.00. The minimum Gasteiger partial charge on any atom is -0.496 e. The molecule has 0 radical (unpaired) electrons. The Hall–Kier alpha value is -3.83. The number of aromatic nitrogens is 4. The summed E-state index contributed by atoms with van der Waals surface area (Å²) in [5, 5.41) is 6.44. The van der Waals surface area contributed by atoms with Crippen LogP contribution in [0, 0.1) is 11.8 Å². The Kier molecular flexibility index (Phi) is 6.33. The molecule has 4 rings (SSSR count). The predicted octanol–water partition coefficient (Wildman–Crippen LogP) is 2.61. The molecule has 2 aromatic carbocycles. The van der Waals surface area contributed by atoms with Crippen molar-refractivity contribution in [3.8, 4) is 17.6 Å². The van der Waals surface area contributed by atoms with Gasteiger partial charge in [-0.25, -0.2) is 9.67 Å². The molecule has 1 unspecified atom stereocenters. The van der Waals surface area contributed by atoms with Crippen LogP contribution in [0.2, 0.25) is 0 Å². The lowest BCUT2D eigenvalue weighted by atomic mass is 10.0. The van der Waals surface area contributed by atoms with Crippen molar-refractivity contribution in [2.24, 2.45) is 5.73 Å². The molecule has 8 heteroatoms. The molecule has 2 N–H and O–H groups in total. The van der Waals surface area contributed by atoms with E-state index >= 15 is 0 Å². The molecule has 0 spiro atoms. The van der Waals surface area contributed by atoms with E-state index in [2.05, 4.69) is 21.9 Å². The summed E-state index contributed by atoms with van der Waals surface area (Å²) in [6, 6.07) is 11.8. The van der Waals surface area contributed by atoms with Gasteiger partial charge < -0.3 is 15.4 Å². The predicted molar refractivity (Wildman–Crippen MR) is 132 cm³/mol. The summed E-state index contributed by atoms with van der Waals surface area (Å²) >= 11 is 0. The van der Waals surface area contributed by atoms with Gasteiger partial charge in [0.2, 0.25) is 5.95 Å². The molecular formula is C25H28N6O2. The SMILES string of the molecule is CC#CCn1c(N(C)CC(C)N)nc2cnn(Cc3ccc(OC)c4ccccc34)c(=O)c21. The molecule has 0 aliphatic heterocycles. The average Bonchev–Trinajstić information content (AvgIpc) is 3.18. The van der Waals surface area contributed by atoms with Gasteiger partial charge in [-0.05, 0) is 30.9 Å². The monoisotopic (exact) mass is 444 g/mol. The molecule has 2 aromatic heterocycles. The summed E-state index contributed by atoms with van der Waals surface area (Å²) < 4.78 is 8.82. The van der Waals surface area contributed by atoms with Crippen molar-refractivity contribution < 1.29 is 4.74 Å². The number of anilines is 1. The second-order valence-electron chi connectivity index (χ2n) is 8.10. The molecular weight excluding hydrogens is 416 g/mol. The number of rotatable bonds is 7. The van der Waals surface area contributed by atoms with E-state index in [0.717, 1.165) is 22.1 Å². The van der Waals surface area contributed by atoms with Crippen LogP contribution in [0.1, 0.15) is 19.4 Å². The van der Waals surface area contributed by atoms with Gasteiger partial charge >= 0.3 is 0 Å². The highest BCUT2D eigenvalue weighted by molar-refractivity contribution is 5.91. The lowest BCUT2D eigenvalue weighted by Gasteiger charge is -2.20. The van der Waals surface area contributed by atoms with Gasteiger partial charge in [0.1, 0.15) is 16.8 Å². The zero-order chi connectivity index (χ0) is 23.5. The molecule has 0 aliphatic carbocycles. The number of imidazole rings is 1. The number of likely N-dealkylation sites (N-methyl/N-ethyl adjacent to an activating group) is 1. The average molecular weight is 445 g/mol. The van der Waals surface area contributed by atoms with Gasteiger partial charge in [0.25, 0.3) is 5.56 Å². The quantitative estimate of drug-likeness (QED) is 0.441. The van der Waals surface area contributed by atoms with Crippen LogP contribution in [-0.4, -0.2) is 46.1 Å². The molecule has 0 saturated heterocycles. The van der Waals surface area contributed by atoms with Crippen LogP contribution >= 0.6 is 0 Å². The van der Waals surface area contributed by atoms with E-state index in [1.165, 1.54) is 4.68 Å². The highest BCUT2D eigenvalue weighted by atomic mass is 16.5. The van der Waals surface area contributed by atoms with Gasteiger partial charge in [0.15, 0.2) is 0 Å². The molecule has 170 valence electrons. The first kappa shape index (κ1) is 22.4. The summed E-state index contributed by atoms with van der Waals surface area (Å²) in [7, 11) is 3.57. The van der Waals surface area contributed by atoms with E-state index in [9.17, 15) is 4.79 Å². The van der Waals surface area contributed by atoms with E-state index in [4.69, 9.17) is 10.5 Å². The van der Waals surface area contributed by atoms with E-state index in [-0.39, 0.29) is 11.6 Å². The Morgan fingerprint density at radius 2 is 1.97 bits per heavy atom. The van der Waals surface area contributed by atoms with Gasteiger partial charge in [0.05, 0.1) is 26.4 Å². The van der Waals surface area contributed by atoms with Gasteiger partial charge in [-0.15, -0.1) is 5.92 Å². The number of nitrogens with zero attached hydrogens (tertiary/aromatic N) is 5. The summed E-state index contributed by atoms with van der Waals surface area (Å²) in [5.41, 5.74) is 7.78. The Labute approximate surface area is 192 Å². The van der Waals surface area contributed by atoms with Crippen LogP contribution in [0.25, 0.3) is 21.8 Å². The Morgan fingerprint density at radius 1 is 1.21 bits per heavy atom. The number of ether oxygens (including phenoxy) is 1. The van der Waals surface area contributed by atoms with E-state index < -0.39 is 0 Å². The van der Waals surface area contributed by atoms with E-state index in [1.54, 1.807) is 20.2 Å². The molecule has 1 atom stereocenters. The van der Waals surface area contributed by atoms with Gasteiger partial charge in [-0.3, -0.25) is 9.36 Å². The van der Waals surface area contributed by atoms with E-state index in [1.807, 2.05) is 59.8 Å². The molecule has 0 aliphatic rings. The molecule has 8 nitrogen and oxygen atoms in total. The van der Waals surface area contributed by atoms with Crippen LogP contribution in [-0.2, 0) is 13.1 Å². The fraction of sp³-hybridized carbons (Fsp3) is 0.320. The number of fused-ring (bicyclic) bond motifs is 2. The zero-order valence-corrected chi connectivity index (χ0v) is 19.4. The number of hydrogen-bond donors (Lipinski definition) is 1. The minimum absolute atomic E-state index is 0.0429. The summed E-state index contributed by atoms with van der Waals surface area (Å²) in [5.74, 6) is 7.41. The molecule has 4 aromatic rings. The fourth-order valence-corrected chi connectivity index (χ4v) is 4.11.